The zero-order valence-electron chi connectivity index (χ0n) is 5.23. The van der Waals surface area contributed by atoms with Gasteiger partial charge in [0, 0.05) is 0 Å². The van der Waals surface area contributed by atoms with E-state index in [4.69, 9.17) is 5.11 Å². The van der Waals surface area contributed by atoms with Gasteiger partial charge in [-0.1, -0.05) is 0 Å². The first-order valence-electron chi connectivity index (χ1n) is 2.57. The fourth-order valence-corrected chi connectivity index (χ4v) is 0.227. The average molecular weight is 160 g/mol. The van der Waals surface area contributed by atoms with Gasteiger partial charge < -0.3 is 9.52 Å². The predicted octanol–water partition coefficient (Wildman–Crippen LogP) is 1.28. The van der Waals surface area contributed by atoms with Gasteiger partial charge in [-0.3, -0.25) is 4.79 Å². The summed E-state index contributed by atoms with van der Waals surface area (Å²) in [5.74, 6) is -0.965. The van der Waals surface area contributed by atoms with Crippen LogP contribution in [0.1, 0.15) is 0 Å². The van der Waals surface area contributed by atoms with E-state index < -0.39 is 5.97 Å². The summed E-state index contributed by atoms with van der Waals surface area (Å²) in [6, 6.07) is 3.67. The number of furan rings is 1. The molecule has 0 aromatic carbocycles. The van der Waals surface area contributed by atoms with Crippen molar-refractivity contribution in [3.8, 4) is 0 Å². The average Bonchev–Trinajstić information content (AvgIpc) is 2.43. The number of carboxylic acids is 1. The maximum atomic E-state index is 9.29. The van der Waals surface area contributed by atoms with Gasteiger partial charge in [0.25, 0.3) is 0 Å². The fourth-order valence-electron chi connectivity index (χ4n) is 0.227. The normalized spacial score (nSPS) is 7.70. The third-order valence-corrected chi connectivity index (χ3v) is 0.831. The van der Waals surface area contributed by atoms with E-state index in [2.05, 4.69) is 17.0 Å². The van der Waals surface area contributed by atoms with Gasteiger partial charge in [0.1, 0.15) is 0 Å². The molecule has 4 heteroatoms. The van der Waals surface area contributed by atoms with Crippen molar-refractivity contribution in [2.24, 2.45) is 0 Å². The molecule has 56 valence electrons. The Morgan fingerprint density at radius 2 is 1.90 bits per heavy atom. The van der Waals surface area contributed by atoms with Crippen LogP contribution in [0.3, 0.4) is 0 Å². The molecule has 0 aliphatic carbocycles. The van der Waals surface area contributed by atoms with Crippen LogP contribution in [0.2, 0.25) is 0 Å². The first-order valence-corrected chi connectivity index (χ1v) is 3.20. The van der Waals surface area contributed by atoms with Crippen molar-refractivity contribution in [1.82, 2.24) is 0 Å². The summed E-state index contributed by atoms with van der Waals surface area (Å²) < 4.78 is 4.58. The van der Waals surface area contributed by atoms with Crippen LogP contribution in [0.5, 0.6) is 0 Å². The minimum Gasteiger partial charge on any atom is -0.481 e. The quantitative estimate of drug-likeness (QED) is 0.608. The summed E-state index contributed by atoms with van der Waals surface area (Å²) in [5.41, 5.74) is 0. The molecule has 0 atom stereocenters. The van der Waals surface area contributed by atoms with E-state index in [-0.39, 0.29) is 5.75 Å². The Kier molecular flexibility index (Phi) is 5.66. The molecule has 0 amide bonds. The Labute approximate surface area is 64.1 Å². The second-order valence-electron chi connectivity index (χ2n) is 1.35. The van der Waals surface area contributed by atoms with Gasteiger partial charge in [-0.25, -0.2) is 0 Å². The number of thiol groups is 1. The zero-order chi connectivity index (χ0) is 7.82. The van der Waals surface area contributed by atoms with Crippen molar-refractivity contribution in [3.05, 3.63) is 24.7 Å². The highest BCUT2D eigenvalue weighted by molar-refractivity contribution is 7.81. The van der Waals surface area contributed by atoms with Gasteiger partial charge in [-0.05, 0) is 12.1 Å². The molecule has 3 nitrogen and oxygen atoms in total. The lowest BCUT2D eigenvalue weighted by atomic mass is 10.7. The van der Waals surface area contributed by atoms with Gasteiger partial charge >= 0.3 is 5.97 Å². The molecule has 0 aliphatic heterocycles. The summed E-state index contributed by atoms with van der Waals surface area (Å²) in [7, 11) is 0. The van der Waals surface area contributed by atoms with Crippen molar-refractivity contribution < 1.29 is 14.3 Å². The highest BCUT2D eigenvalue weighted by Crippen LogP contribution is 1.79. The molecule has 10 heavy (non-hydrogen) atoms. The summed E-state index contributed by atoms with van der Waals surface area (Å²) in [6.07, 6.45) is 3.25. The lowest BCUT2D eigenvalue weighted by Crippen LogP contribution is -1.92. The fraction of sp³-hybridized carbons (Fsp3) is 0.167. The molecule has 1 N–H and O–H groups in total. The minimum absolute atomic E-state index is 0.0833. The second kappa shape index (κ2) is 6.22. The van der Waals surface area contributed by atoms with E-state index >= 15 is 0 Å². The molecule has 1 aromatic heterocycles. The Morgan fingerprint density at radius 3 is 2.00 bits per heavy atom. The SMILES string of the molecule is O=C(O)CS.c1ccoc1. The number of carbonyl (C=O) groups is 1. The zero-order valence-corrected chi connectivity index (χ0v) is 6.12. The lowest BCUT2D eigenvalue weighted by molar-refractivity contribution is -0.133. The third-order valence-electron chi connectivity index (χ3n) is 0.561. The monoisotopic (exact) mass is 160 g/mol. The van der Waals surface area contributed by atoms with Crippen LogP contribution in [0.4, 0.5) is 0 Å². The molecule has 0 saturated heterocycles. The van der Waals surface area contributed by atoms with Crippen molar-refractivity contribution in [2.75, 3.05) is 5.75 Å². The molecule has 0 spiro atoms. The number of hydrogen-bond acceptors (Lipinski definition) is 3. The van der Waals surface area contributed by atoms with Gasteiger partial charge in [0.15, 0.2) is 0 Å². The van der Waals surface area contributed by atoms with E-state index in [0.717, 1.165) is 0 Å². The number of aliphatic carboxylic acids is 1. The lowest BCUT2D eigenvalue weighted by Gasteiger charge is -1.71. The molecule has 0 saturated carbocycles. The van der Waals surface area contributed by atoms with Gasteiger partial charge in [-0.2, -0.15) is 12.6 Å². The van der Waals surface area contributed by atoms with Crippen LogP contribution >= 0.6 is 12.6 Å². The molecule has 1 heterocycles. The predicted molar refractivity (Wildman–Crippen MR) is 40.2 cm³/mol. The van der Waals surface area contributed by atoms with E-state index in [1.54, 1.807) is 12.5 Å². The van der Waals surface area contributed by atoms with Crippen LogP contribution in [-0.4, -0.2) is 16.8 Å². The number of rotatable bonds is 1. The number of carboxylic acid groups (broad SMARTS) is 1. The van der Waals surface area contributed by atoms with Crippen molar-refractivity contribution in [2.45, 2.75) is 0 Å². The van der Waals surface area contributed by atoms with E-state index in [9.17, 15) is 4.79 Å². The summed E-state index contributed by atoms with van der Waals surface area (Å²) >= 11 is 3.42. The summed E-state index contributed by atoms with van der Waals surface area (Å²) in [6.45, 7) is 0. The van der Waals surface area contributed by atoms with Crippen LogP contribution < -0.4 is 0 Å². The third kappa shape index (κ3) is 7.10. The van der Waals surface area contributed by atoms with E-state index in [1.807, 2.05) is 12.1 Å². The molecule has 1 rings (SSSR count). The van der Waals surface area contributed by atoms with Gasteiger partial charge in [0.05, 0.1) is 18.3 Å². The maximum Gasteiger partial charge on any atom is 0.313 e. The molecule has 0 bridgehead atoms. The first-order chi connectivity index (χ1) is 4.77. The Bertz CT molecular complexity index is 142. The molecule has 1 aromatic rings. The topological polar surface area (TPSA) is 50.4 Å². The van der Waals surface area contributed by atoms with Gasteiger partial charge in [-0.15, -0.1) is 0 Å². The Balaban J connectivity index is 0.000000162. The largest absolute Gasteiger partial charge is 0.481 e. The van der Waals surface area contributed by atoms with Crippen molar-refractivity contribution >= 4 is 18.6 Å². The summed E-state index contributed by atoms with van der Waals surface area (Å²) in [5, 5.41) is 7.65. The summed E-state index contributed by atoms with van der Waals surface area (Å²) in [4.78, 5) is 9.29. The molecule has 0 fully saturated rings. The molecular formula is C6H8O3S. The van der Waals surface area contributed by atoms with E-state index in [0.29, 0.717) is 0 Å². The minimum atomic E-state index is -0.881. The second-order valence-corrected chi connectivity index (χ2v) is 1.66. The number of hydrogen-bond donors (Lipinski definition) is 2. The van der Waals surface area contributed by atoms with Crippen LogP contribution in [0.15, 0.2) is 29.1 Å². The molecule has 0 radical (unpaired) electrons. The smallest absolute Gasteiger partial charge is 0.313 e. The van der Waals surface area contributed by atoms with Gasteiger partial charge in [0.2, 0.25) is 0 Å². The maximum absolute atomic E-state index is 9.29. The van der Waals surface area contributed by atoms with Crippen LogP contribution in [-0.2, 0) is 4.79 Å². The Morgan fingerprint density at radius 1 is 1.50 bits per heavy atom. The first kappa shape index (κ1) is 9.10. The van der Waals surface area contributed by atoms with Crippen molar-refractivity contribution in [3.63, 3.8) is 0 Å². The standard InChI is InChI=1S/C4H4O.C2H4O2S/c1-2-4-5-3-1;3-2(4)1-5/h1-4H;5H,1H2,(H,3,4). The van der Waals surface area contributed by atoms with Crippen LogP contribution in [0, 0.1) is 0 Å². The van der Waals surface area contributed by atoms with E-state index in [1.165, 1.54) is 0 Å². The molecule has 0 unspecified atom stereocenters. The Hall–Kier alpha value is -0.900. The van der Waals surface area contributed by atoms with Crippen LogP contribution in [0.25, 0.3) is 0 Å². The molecular weight excluding hydrogens is 152 g/mol. The highest BCUT2D eigenvalue weighted by atomic mass is 32.1. The highest BCUT2D eigenvalue weighted by Gasteiger charge is 1.81. The molecule has 0 aliphatic rings. The van der Waals surface area contributed by atoms with Crippen molar-refractivity contribution in [1.29, 1.82) is 0 Å².